The molecule has 2 aromatic carbocycles. The van der Waals surface area contributed by atoms with Gasteiger partial charge in [0.1, 0.15) is 41.7 Å². The highest BCUT2D eigenvalue weighted by atomic mass is 16.7. The van der Waals surface area contributed by atoms with Gasteiger partial charge in [0.05, 0.1) is 12.7 Å². The molecule has 6 atom stereocenters. The molecule has 0 radical (unpaired) electrons. The molecule has 2 aliphatic heterocycles. The minimum atomic E-state index is -1.51. The third-order valence-corrected chi connectivity index (χ3v) is 5.21. The van der Waals surface area contributed by atoms with Crippen LogP contribution in [0.4, 0.5) is 0 Å². The van der Waals surface area contributed by atoms with E-state index in [0.717, 1.165) is 0 Å². The number of aromatic hydroxyl groups is 3. The Morgan fingerprint density at radius 3 is 2.33 bits per heavy atom. The van der Waals surface area contributed by atoms with Crippen LogP contribution in [0.3, 0.4) is 0 Å². The van der Waals surface area contributed by atoms with E-state index in [-0.39, 0.29) is 41.8 Å². The Kier molecular flexibility index (Phi) is 5.35. The van der Waals surface area contributed by atoms with E-state index in [1.54, 1.807) is 0 Å². The van der Waals surface area contributed by atoms with Gasteiger partial charge in [-0.05, 0) is 17.7 Å². The molecule has 0 saturated carbocycles. The highest BCUT2D eigenvalue weighted by Crippen LogP contribution is 2.43. The molecule has 10 heteroatoms. The molecule has 0 aromatic heterocycles. The quantitative estimate of drug-likeness (QED) is 0.325. The predicted molar refractivity (Wildman–Crippen MR) is 99.3 cm³/mol. The van der Waals surface area contributed by atoms with Gasteiger partial charge in [0.2, 0.25) is 6.29 Å². The van der Waals surface area contributed by atoms with Gasteiger partial charge in [-0.2, -0.15) is 0 Å². The van der Waals surface area contributed by atoms with Crippen LogP contribution in [-0.2, 0) is 11.2 Å². The molecule has 30 heavy (non-hydrogen) atoms. The van der Waals surface area contributed by atoms with Crippen LogP contribution in [-0.4, -0.2) is 73.1 Å². The molecule has 4 rings (SSSR count). The zero-order valence-electron chi connectivity index (χ0n) is 15.6. The van der Waals surface area contributed by atoms with E-state index in [0.29, 0.717) is 11.1 Å². The highest BCUT2D eigenvalue weighted by Gasteiger charge is 2.39. The van der Waals surface area contributed by atoms with Crippen molar-refractivity contribution in [2.45, 2.75) is 43.2 Å². The van der Waals surface area contributed by atoms with Crippen LogP contribution >= 0.6 is 0 Å². The Hall–Kier alpha value is -2.76. The van der Waals surface area contributed by atoms with Crippen LogP contribution in [0, 0.1) is 0 Å². The first kappa shape index (κ1) is 20.5. The number of rotatable bonds is 3. The van der Waals surface area contributed by atoms with Crippen LogP contribution in [0.5, 0.6) is 28.7 Å². The summed E-state index contributed by atoms with van der Waals surface area (Å²) in [7, 11) is 0. The first-order valence-electron chi connectivity index (χ1n) is 9.29. The third-order valence-electron chi connectivity index (χ3n) is 5.21. The van der Waals surface area contributed by atoms with E-state index in [1.165, 1.54) is 30.3 Å². The van der Waals surface area contributed by atoms with Gasteiger partial charge in [-0.1, -0.05) is 6.07 Å². The molecule has 7 N–H and O–H groups in total. The van der Waals surface area contributed by atoms with Crippen LogP contribution in [0.25, 0.3) is 0 Å². The van der Waals surface area contributed by atoms with Crippen LogP contribution < -0.4 is 9.47 Å². The number of aliphatic hydroxyl groups excluding tert-OH is 4. The zero-order valence-corrected chi connectivity index (χ0v) is 15.6. The molecule has 2 aromatic rings. The van der Waals surface area contributed by atoms with Gasteiger partial charge in [0, 0.05) is 24.1 Å². The summed E-state index contributed by atoms with van der Waals surface area (Å²) in [5, 5.41) is 69.3. The molecule has 1 saturated heterocycles. The molecule has 162 valence electrons. The second-order valence-corrected chi connectivity index (χ2v) is 7.35. The standard InChI is InChI=1S/C20H22O10/c21-11-2-1-8(3-13(11)23)19-14(24)6-10-12(22)4-9(5-16(10)30-19)29-20-18(27)17(26)15(25)7-28-20/h1-5,14-15,17-27H,6-7H2/t14-,15+,17-,18+,19+,20-/m0/s1. The van der Waals surface area contributed by atoms with Gasteiger partial charge in [0.25, 0.3) is 0 Å². The number of phenolic OH excluding ortho intramolecular Hbond substituents is 3. The van der Waals surface area contributed by atoms with E-state index in [2.05, 4.69) is 0 Å². The lowest BCUT2D eigenvalue weighted by Gasteiger charge is -2.35. The molecule has 1 fully saturated rings. The molecular formula is C20H22O10. The molecule has 0 spiro atoms. The number of benzene rings is 2. The fourth-order valence-corrected chi connectivity index (χ4v) is 3.54. The first-order valence-corrected chi connectivity index (χ1v) is 9.29. The largest absolute Gasteiger partial charge is 0.507 e. The van der Waals surface area contributed by atoms with Crippen molar-refractivity contribution in [1.29, 1.82) is 0 Å². The van der Waals surface area contributed by atoms with Crippen molar-refractivity contribution in [1.82, 2.24) is 0 Å². The maximum absolute atomic E-state index is 10.5. The molecular weight excluding hydrogens is 400 g/mol. The summed E-state index contributed by atoms with van der Waals surface area (Å²) in [5.74, 6) is -0.602. The number of hydrogen-bond acceptors (Lipinski definition) is 10. The van der Waals surface area contributed by atoms with Crippen LogP contribution in [0.1, 0.15) is 17.2 Å². The Balaban J connectivity index is 1.58. The number of phenols is 3. The summed E-state index contributed by atoms with van der Waals surface area (Å²) in [4.78, 5) is 0. The fourth-order valence-electron chi connectivity index (χ4n) is 3.54. The maximum Gasteiger partial charge on any atom is 0.228 e. The Labute approximate surface area is 170 Å². The van der Waals surface area contributed by atoms with Crippen molar-refractivity contribution in [2.75, 3.05) is 6.61 Å². The zero-order chi connectivity index (χ0) is 21.6. The Morgan fingerprint density at radius 1 is 0.833 bits per heavy atom. The molecule has 0 amide bonds. The second-order valence-electron chi connectivity index (χ2n) is 7.35. The molecule has 0 bridgehead atoms. The minimum absolute atomic E-state index is 0.0568. The average Bonchev–Trinajstić information content (AvgIpc) is 2.71. The van der Waals surface area contributed by atoms with Crippen LogP contribution in [0.2, 0.25) is 0 Å². The van der Waals surface area contributed by atoms with E-state index >= 15 is 0 Å². The summed E-state index contributed by atoms with van der Waals surface area (Å²) >= 11 is 0. The molecule has 2 heterocycles. The maximum atomic E-state index is 10.5. The van der Waals surface area contributed by atoms with Crippen molar-refractivity contribution in [3.8, 4) is 28.7 Å². The lowest BCUT2D eigenvalue weighted by molar-refractivity contribution is -0.242. The van der Waals surface area contributed by atoms with Gasteiger partial charge in [-0.25, -0.2) is 0 Å². The molecule has 0 unspecified atom stereocenters. The summed E-state index contributed by atoms with van der Waals surface area (Å²) in [6, 6.07) is 6.73. The summed E-state index contributed by atoms with van der Waals surface area (Å²) in [6.07, 6.45) is -7.34. The number of ether oxygens (including phenoxy) is 3. The molecule has 0 aliphatic carbocycles. The lowest BCUT2D eigenvalue weighted by Crippen LogP contribution is -2.54. The SMILES string of the molecule is Oc1ccc([C@H]2Oc3cc(O[C@@H]4OC[C@@H](O)[C@H](O)[C@H]4O)cc(O)c3C[C@@H]2O)cc1O. The first-order chi connectivity index (χ1) is 14.2. The number of hydrogen-bond donors (Lipinski definition) is 7. The van der Waals surface area contributed by atoms with Crippen molar-refractivity contribution in [2.24, 2.45) is 0 Å². The smallest absolute Gasteiger partial charge is 0.228 e. The predicted octanol–water partition coefficient (Wildman–Crippen LogP) is -0.342. The summed E-state index contributed by atoms with van der Waals surface area (Å²) < 4.78 is 16.5. The monoisotopic (exact) mass is 422 g/mol. The molecule has 10 nitrogen and oxygen atoms in total. The van der Waals surface area contributed by atoms with Gasteiger partial charge in [-0.3, -0.25) is 0 Å². The van der Waals surface area contributed by atoms with Gasteiger partial charge < -0.3 is 50.0 Å². The van der Waals surface area contributed by atoms with Crippen molar-refractivity contribution >= 4 is 0 Å². The fraction of sp³-hybridized carbons (Fsp3) is 0.400. The third kappa shape index (κ3) is 3.71. The van der Waals surface area contributed by atoms with Crippen LogP contribution in [0.15, 0.2) is 30.3 Å². The lowest BCUT2D eigenvalue weighted by atomic mass is 9.94. The number of aliphatic hydroxyl groups is 4. The topological polar surface area (TPSA) is 169 Å². The van der Waals surface area contributed by atoms with Gasteiger partial charge >= 0.3 is 0 Å². The van der Waals surface area contributed by atoms with Gasteiger partial charge in [0.15, 0.2) is 11.5 Å². The van der Waals surface area contributed by atoms with Crippen molar-refractivity contribution in [3.05, 3.63) is 41.5 Å². The number of fused-ring (bicyclic) bond motifs is 1. The van der Waals surface area contributed by atoms with Gasteiger partial charge in [-0.15, -0.1) is 0 Å². The average molecular weight is 422 g/mol. The highest BCUT2D eigenvalue weighted by molar-refractivity contribution is 5.52. The van der Waals surface area contributed by atoms with E-state index in [4.69, 9.17) is 14.2 Å². The van der Waals surface area contributed by atoms with Crippen molar-refractivity contribution in [3.63, 3.8) is 0 Å². The summed E-state index contributed by atoms with van der Waals surface area (Å²) in [5.41, 5.74) is 0.757. The Bertz CT molecular complexity index is 932. The second kappa shape index (κ2) is 7.82. The summed E-state index contributed by atoms with van der Waals surface area (Å²) in [6.45, 7) is -0.241. The van der Waals surface area contributed by atoms with E-state index in [9.17, 15) is 35.7 Å². The molecule has 2 aliphatic rings. The van der Waals surface area contributed by atoms with Crippen molar-refractivity contribution < 1.29 is 50.0 Å². The Morgan fingerprint density at radius 2 is 1.60 bits per heavy atom. The normalized spacial score (nSPS) is 30.9. The minimum Gasteiger partial charge on any atom is -0.507 e. The van der Waals surface area contributed by atoms with E-state index in [1.807, 2.05) is 0 Å². The van der Waals surface area contributed by atoms with E-state index < -0.39 is 36.8 Å².